The van der Waals surface area contributed by atoms with Gasteiger partial charge in [-0.15, -0.1) is 0 Å². The van der Waals surface area contributed by atoms with Crippen LogP contribution in [-0.4, -0.2) is 33.2 Å². The van der Waals surface area contributed by atoms with Crippen molar-refractivity contribution in [2.75, 3.05) is 22.4 Å². The summed E-state index contributed by atoms with van der Waals surface area (Å²) in [5, 5.41) is 3.34. The summed E-state index contributed by atoms with van der Waals surface area (Å²) in [7, 11) is -3.54. The fourth-order valence-electron chi connectivity index (χ4n) is 2.63. The Bertz CT molecular complexity index is 930. The molecule has 1 amide bonds. The van der Waals surface area contributed by atoms with E-state index < -0.39 is 22.0 Å². The van der Waals surface area contributed by atoms with Crippen molar-refractivity contribution in [2.45, 2.75) is 13.0 Å². The Morgan fingerprint density at radius 1 is 1.28 bits per heavy atom. The maximum atomic E-state index is 12.6. The highest BCUT2D eigenvalue weighted by Gasteiger charge is 2.34. The van der Waals surface area contributed by atoms with Gasteiger partial charge in [-0.1, -0.05) is 23.7 Å². The fourth-order valence-corrected chi connectivity index (χ4v) is 3.77. The van der Waals surface area contributed by atoms with Gasteiger partial charge in [-0.3, -0.25) is 9.10 Å². The summed E-state index contributed by atoms with van der Waals surface area (Å²) in [5.41, 5.74) is 1.83. The van der Waals surface area contributed by atoms with E-state index in [9.17, 15) is 13.2 Å². The van der Waals surface area contributed by atoms with Crippen molar-refractivity contribution in [2.24, 2.45) is 0 Å². The number of hydrogen-bond donors (Lipinski definition) is 1. The van der Waals surface area contributed by atoms with Crippen LogP contribution in [0, 0.1) is 6.92 Å². The number of ether oxygens (including phenoxy) is 1. The third-order valence-corrected chi connectivity index (χ3v) is 5.26. The van der Waals surface area contributed by atoms with E-state index in [4.69, 9.17) is 16.3 Å². The Morgan fingerprint density at radius 2 is 2.00 bits per heavy atom. The summed E-state index contributed by atoms with van der Waals surface area (Å²) in [6.07, 6.45) is 0.146. The topological polar surface area (TPSA) is 75.7 Å². The molecular weight excluding hydrogens is 364 g/mol. The number of amides is 1. The predicted molar refractivity (Wildman–Crippen MR) is 97.9 cm³/mol. The lowest BCUT2D eigenvalue weighted by atomic mass is 10.1. The number of hydrogen-bond acceptors (Lipinski definition) is 4. The van der Waals surface area contributed by atoms with Crippen LogP contribution in [0.2, 0.25) is 5.02 Å². The lowest BCUT2D eigenvalue weighted by molar-refractivity contribution is -0.122. The smallest absolute Gasteiger partial charge is 0.267 e. The van der Waals surface area contributed by atoms with Gasteiger partial charge >= 0.3 is 0 Å². The number of halogens is 1. The van der Waals surface area contributed by atoms with Crippen LogP contribution >= 0.6 is 11.6 Å². The van der Waals surface area contributed by atoms with Gasteiger partial charge in [-0.25, -0.2) is 8.42 Å². The minimum absolute atomic E-state index is 0.0890. The minimum Gasteiger partial charge on any atom is -0.476 e. The molecule has 1 heterocycles. The fraction of sp³-hybridized carbons (Fsp3) is 0.235. The minimum atomic E-state index is -3.54. The molecule has 1 aliphatic rings. The molecular formula is C17H17ClN2O4S. The Morgan fingerprint density at radius 3 is 2.68 bits per heavy atom. The summed E-state index contributed by atoms with van der Waals surface area (Å²) < 4.78 is 31.1. The molecule has 25 heavy (non-hydrogen) atoms. The Balaban J connectivity index is 1.87. The number of sulfonamides is 1. The highest BCUT2D eigenvalue weighted by Crippen LogP contribution is 2.34. The quantitative estimate of drug-likeness (QED) is 0.888. The lowest BCUT2D eigenvalue weighted by Crippen LogP contribution is -2.48. The zero-order chi connectivity index (χ0) is 18.2. The van der Waals surface area contributed by atoms with Gasteiger partial charge in [-0.2, -0.15) is 0 Å². The maximum Gasteiger partial charge on any atom is 0.267 e. The molecule has 0 aliphatic carbocycles. The predicted octanol–water partition coefficient (Wildman–Crippen LogP) is 2.81. The first-order valence-electron chi connectivity index (χ1n) is 7.56. The van der Waals surface area contributed by atoms with Crippen LogP contribution < -0.4 is 14.4 Å². The van der Waals surface area contributed by atoms with Crippen LogP contribution in [-0.2, 0) is 14.8 Å². The number of anilines is 2. The normalized spacial score (nSPS) is 16.8. The molecule has 1 N–H and O–H groups in total. The molecule has 0 bridgehead atoms. The second-order valence-corrected chi connectivity index (χ2v) is 8.16. The van der Waals surface area contributed by atoms with Gasteiger partial charge in [0.1, 0.15) is 5.75 Å². The summed E-state index contributed by atoms with van der Waals surface area (Å²) in [6.45, 7) is 1.73. The number of nitrogens with zero attached hydrogens (tertiary/aromatic N) is 1. The van der Waals surface area contributed by atoms with E-state index in [1.54, 1.807) is 42.5 Å². The largest absolute Gasteiger partial charge is 0.476 e. The van der Waals surface area contributed by atoms with Crippen molar-refractivity contribution >= 4 is 38.9 Å². The lowest BCUT2D eigenvalue weighted by Gasteiger charge is -2.33. The van der Waals surface area contributed by atoms with Crippen molar-refractivity contribution in [3.05, 3.63) is 53.1 Å². The highest BCUT2D eigenvalue weighted by molar-refractivity contribution is 7.92. The highest BCUT2D eigenvalue weighted by atomic mass is 35.5. The first-order valence-corrected chi connectivity index (χ1v) is 9.79. The molecule has 1 atom stereocenters. The van der Waals surface area contributed by atoms with Crippen molar-refractivity contribution in [1.29, 1.82) is 0 Å². The standard InChI is InChI=1S/C17H17ClN2O4S/c1-11-9-12(18)7-8-13(11)19-17(21)16-10-20(25(2,22)23)14-5-3-4-6-15(14)24-16/h3-9,16H,10H2,1-2H3,(H,19,21). The van der Waals surface area contributed by atoms with Crippen LogP contribution in [0.4, 0.5) is 11.4 Å². The molecule has 1 unspecified atom stereocenters. The Kier molecular flexibility index (Phi) is 4.62. The molecule has 6 nitrogen and oxygen atoms in total. The molecule has 0 fully saturated rings. The molecule has 2 aromatic carbocycles. The van der Waals surface area contributed by atoms with E-state index in [-0.39, 0.29) is 6.54 Å². The Hall–Kier alpha value is -2.25. The molecule has 0 aromatic heterocycles. The molecule has 1 aliphatic heterocycles. The first kappa shape index (κ1) is 17.6. The van der Waals surface area contributed by atoms with E-state index in [1.807, 2.05) is 6.92 Å². The molecule has 3 rings (SSSR count). The maximum absolute atomic E-state index is 12.6. The van der Waals surface area contributed by atoms with Gasteiger partial charge < -0.3 is 10.1 Å². The summed E-state index contributed by atoms with van der Waals surface area (Å²) in [5.74, 6) is -0.0688. The number of carbonyl (C=O) groups excluding carboxylic acids is 1. The second kappa shape index (κ2) is 6.57. The van der Waals surface area contributed by atoms with Gasteiger partial charge in [-0.05, 0) is 42.8 Å². The third-order valence-electron chi connectivity index (χ3n) is 3.87. The van der Waals surface area contributed by atoms with Crippen molar-refractivity contribution in [3.63, 3.8) is 0 Å². The van der Waals surface area contributed by atoms with Crippen LogP contribution in [0.3, 0.4) is 0 Å². The molecule has 8 heteroatoms. The summed E-state index contributed by atoms with van der Waals surface area (Å²) in [6, 6.07) is 11.8. The van der Waals surface area contributed by atoms with E-state index >= 15 is 0 Å². The van der Waals surface area contributed by atoms with Crippen molar-refractivity contribution < 1.29 is 17.9 Å². The first-order chi connectivity index (χ1) is 11.8. The van der Waals surface area contributed by atoms with Gasteiger partial charge in [0, 0.05) is 10.7 Å². The van der Waals surface area contributed by atoms with Crippen molar-refractivity contribution in [3.8, 4) is 5.75 Å². The average molecular weight is 381 g/mol. The zero-order valence-electron chi connectivity index (χ0n) is 13.7. The van der Waals surface area contributed by atoms with Gasteiger partial charge in [0.15, 0.2) is 6.10 Å². The third kappa shape index (κ3) is 3.72. The zero-order valence-corrected chi connectivity index (χ0v) is 15.3. The molecule has 0 saturated heterocycles. The van der Waals surface area contributed by atoms with Crippen molar-refractivity contribution in [1.82, 2.24) is 0 Å². The van der Waals surface area contributed by atoms with Gasteiger partial charge in [0.25, 0.3) is 5.91 Å². The molecule has 0 spiro atoms. The van der Waals surface area contributed by atoms with Gasteiger partial charge in [0.2, 0.25) is 10.0 Å². The number of fused-ring (bicyclic) bond motifs is 1. The average Bonchev–Trinajstić information content (AvgIpc) is 2.55. The molecule has 0 radical (unpaired) electrons. The number of benzene rings is 2. The van der Waals surface area contributed by atoms with E-state index in [1.165, 1.54) is 4.31 Å². The summed E-state index contributed by atoms with van der Waals surface area (Å²) >= 11 is 5.92. The molecule has 132 valence electrons. The summed E-state index contributed by atoms with van der Waals surface area (Å²) in [4.78, 5) is 12.6. The molecule has 0 saturated carbocycles. The number of aryl methyl sites for hydroxylation is 1. The van der Waals surface area contributed by atoms with E-state index in [0.29, 0.717) is 22.1 Å². The van der Waals surface area contributed by atoms with Crippen LogP contribution in [0.15, 0.2) is 42.5 Å². The number of rotatable bonds is 3. The number of para-hydroxylation sites is 2. The SMILES string of the molecule is Cc1cc(Cl)ccc1NC(=O)C1CN(S(C)(=O)=O)c2ccccc2O1. The number of nitrogens with one attached hydrogen (secondary N) is 1. The van der Waals surface area contributed by atoms with Gasteiger partial charge in [0.05, 0.1) is 18.5 Å². The number of carbonyl (C=O) groups is 1. The second-order valence-electron chi connectivity index (χ2n) is 5.82. The molecule has 2 aromatic rings. The Labute approximate surface area is 151 Å². The van der Waals surface area contributed by atoms with E-state index in [0.717, 1.165) is 11.8 Å². The van der Waals surface area contributed by atoms with Crippen LogP contribution in [0.25, 0.3) is 0 Å². The van der Waals surface area contributed by atoms with Crippen LogP contribution in [0.5, 0.6) is 5.75 Å². The van der Waals surface area contributed by atoms with Crippen LogP contribution in [0.1, 0.15) is 5.56 Å². The van der Waals surface area contributed by atoms with E-state index in [2.05, 4.69) is 5.32 Å². The monoisotopic (exact) mass is 380 g/mol.